The molecular weight excluding hydrogens is 174 g/mol. The van der Waals surface area contributed by atoms with Crippen LogP contribution in [0.1, 0.15) is 32.6 Å². The number of likely N-dealkylation sites (tertiary alicyclic amines) is 1. The second-order valence-corrected chi connectivity index (χ2v) is 5.81. The summed E-state index contributed by atoms with van der Waals surface area (Å²) in [6.07, 6.45) is 5.78. The molecule has 3 fully saturated rings. The van der Waals surface area contributed by atoms with Crippen molar-refractivity contribution in [2.75, 3.05) is 26.3 Å². The van der Waals surface area contributed by atoms with Gasteiger partial charge in [-0.2, -0.15) is 0 Å². The molecule has 2 nitrogen and oxygen atoms in total. The molecule has 0 aromatic rings. The van der Waals surface area contributed by atoms with Gasteiger partial charge in [0, 0.05) is 24.5 Å². The number of hydrogen-bond acceptors (Lipinski definition) is 2. The maximum atomic E-state index is 5.31. The highest BCUT2D eigenvalue weighted by molar-refractivity contribution is 5.01. The molecule has 0 aromatic carbocycles. The van der Waals surface area contributed by atoms with Crippen LogP contribution in [0.2, 0.25) is 0 Å². The van der Waals surface area contributed by atoms with Gasteiger partial charge in [-0.1, -0.05) is 6.92 Å². The Morgan fingerprint density at radius 2 is 1.71 bits per heavy atom. The molecule has 1 aliphatic carbocycles. The molecule has 2 saturated heterocycles. The Labute approximate surface area is 86.6 Å². The van der Waals surface area contributed by atoms with Gasteiger partial charge < -0.3 is 4.74 Å². The molecule has 0 atom stereocenters. The van der Waals surface area contributed by atoms with Crippen LogP contribution in [-0.2, 0) is 4.74 Å². The van der Waals surface area contributed by atoms with Gasteiger partial charge in [0.2, 0.25) is 0 Å². The lowest BCUT2D eigenvalue weighted by Gasteiger charge is -2.58. The molecule has 1 saturated carbocycles. The summed E-state index contributed by atoms with van der Waals surface area (Å²) in [4.78, 5) is 2.70. The maximum Gasteiger partial charge on any atom is 0.0569 e. The molecule has 0 N–H and O–H groups in total. The van der Waals surface area contributed by atoms with Crippen molar-refractivity contribution in [1.29, 1.82) is 0 Å². The molecule has 80 valence electrons. The van der Waals surface area contributed by atoms with E-state index in [9.17, 15) is 0 Å². The van der Waals surface area contributed by atoms with Crippen LogP contribution >= 0.6 is 0 Å². The molecular formula is C12H21NO. The molecule has 14 heavy (non-hydrogen) atoms. The Kier molecular flexibility index (Phi) is 2.10. The fraction of sp³-hybridized carbons (Fsp3) is 1.00. The van der Waals surface area contributed by atoms with Crippen molar-refractivity contribution in [2.24, 2.45) is 11.3 Å². The van der Waals surface area contributed by atoms with Crippen molar-refractivity contribution in [3.05, 3.63) is 0 Å². The summed E-state index contributed by atoms with van der Waals surface area (Å²) >= 11 is 0. The third-order valence-electron chi connectivity index (χ3n) is 4.40. The van der Waals surface area contributed by atoms with E-state index in [1.54, 1.807) is 0 Å². The van der Waals surface area contributed by atoms with Crippen molar-refractivity contribution in [1.82, 2.24) is 4.90 Å². The van der Waals surface area contributed by atoms with Crippen LogP contribution in [0.15, 0.2) is 0 Å². The van der Waals surface area contributed by atoms with Gasteiger partial charge >= 0.3 is 0 Å². The van der Waals surface area contributed by atoms with Crippen molar-refractivity contribution in [3.63, 3.8) is 0 Å². The lowest BCUT2D eigenvalue weighted by atomic mass is 9.75. The van der Waals surface area contributed by atoms with E-state index in [0.717, 1.165) is 25.2 Å². The molecule has 2 heteroatoms. The van der Waals surface area contributed by atoms with Gasteiger partial charge in [0.1, 0.15) is 0 Å². The molecule has 0 amide bonds. The topological polar surface area (TPSA) is 12.5 Å². The zero-order valence-electron chi connectivity index (χ0n) is 9.17. The van der Waals surface area contributed by atoms with Crippen LogP contribution in [0.3, 0.4) is 0 Å². The smallest absolute Gasteiger partial charge is 0.0569 e. The van der Waals surface area contributed by atoms with Crippen molar-refractivity contribution in [2.45, 2.75) is 38.6 Å². The normalized spacial score (nSPS) is 41.8. The van der Waals surface area contributed by atoms with Crippen molar-refractivity contribution in [3.8, 4) is 0 Å². The Bertz CT molecular complexity index is 208. The van der Waals surface area contributed by atoms with Crippen molar-refractivity contribution < 1.29 is 4.74 Å². The van der Waals surface area contributed by atoms with E-state index in [2.05, 4.69) is 11.8 Å². The Balaban J connectivity index is 1.49. The second kappa shape index (κ2) is 3.21. The fourth-order valence-corrected chi connectivity index (χ4v) is 3.25. The third kappa shape index (κ3) is 1.40. The lowest BCUT2D eigenvalue weighted by Crippen LogP contribution is -2.68. The van der Waals surface area contributed by atoms with E-state index in [0.29, 0.717) is 5.41 Å². The number of rotatable bonds is 1. The summed E-state index contributed by atoms with van der Waals surface area (Å²) in [6.45, 7) is 7.12. The molecule has 1 spiro atoms. The van der Waals surface area contributed by atoms with Gasteiger partial charge in [-0.15, -0.1) is 0 Å². The summed E-state index contributed by atoms with van der Waals surface area (Å²) < 4.78 is 5.31. The van der Waals surface area contributed by atoms with Gasteiger partial charge in [-0.25, -0.2) is 0 Å². The van der Waals surface area contributed by atoms with Crippen LogP contribution in [0.25, 0.3) is 0 Å². The minimum absolute atomic E-state index is 0.614. The first-order chi connectivity index (χ1) is 6.77. The summed E-state index contributed by atoms with van der Waals surface area (Å²) in [5.41, 5.74) is 0.614. The van der Waals surface area contributed by atoms with Crippen LogP contribution in [0.4, 0.5) is 0 Å². The minimum atomic E-state index is 0.614. The zero-order valence-corrected chi connectivity index (χ0v) is 9.17. The number of nitrogens with zero attached hydrogens (tertiary/aromatic N) is 1. The molecule has 2 heterocycles. The number of hydrogen-bond donors (Lipinski definition) is 0. The van der Waals surface area contributed by atoms with E-state index in [-0.39, 0.29) is 0 Å². The SMILES string of the molecule is CC1CCC(N2CC3(COC3)C2)CC1. The molecule has 3 aliphatic rings. The standard InChI is InChI=1S/C12H21NO/c1-10-2-4-11(5-3-10)13-6-12(7-13)8-14-9-12/h10-11H,2-9H2,1H3. The monoisotopic (exact) mass is 195 g/mol. The Morgan fingerprint density at radius 3 is 2.21 bits per heavy atom. The Hall–Kier alpha value is -0.0800. The first-order valence-electron chi connectivity index (χ1n) is 6.09. The molecule has 0 unspecified atom stereocenters. The predicted octanol–water partition coefficient (Wildman–Crippen LogP) is 1.90. The first-order valence-corrected chi connectivity index (χ1v) is 6.09. The molecule has 0 bridgehead atoms. The molecule has 3 rings (SSSR count). The van der Waals surface area contributed by atoms with Crippen LogP contribution in [0, 0.1) is 11.3 Å². The molecule has 0 radical (unpaired) electrons. The largest absolute Gasteiger partial charge is 0.380 e. The third-order valence-corrected chi connectivity index (χ3v) is 4.40. The predicted molar refractivity (Wildman–Crippen MR) is 56.2 cm³/mol. The fourth-order valence-electron chi connectivity index (χ4n) is 3.25. The van der Waals surface area contributed by atoms with Gasteiger partial charge in [0.15, 0.2) is 0 Å². The van der Waals surface area contributed by atoms with Gasteiger partial charge in [0.05, 0.1) is 13.2 Å². The van der Waals surface area contributed by atoms with Crippen LogP contribution in [0.5, 0.6) is 0 Å². The van der Waals surface area contributed by atoms with E-state index in [1.165, 1.54) is 38.8 Å². The molecule has 0 aromatic heterocycles. The summed E-state index contributed by atoms with van der Waals surface area (Å²) in [5.74, 6) is 0.980. The van der Waals surface area contributed by atoms with Gasteiger partial charge in [0.25, 0.3) is 0 Å². The molecule has 2 aliphatic heterocycles. The Morgan fingerprint density at radius 1 is 1.07 bits per heavy atom. The van der Waals surface area contributed by atoms with Gasteiger partial charge in [-0.05, 0) is 31.6 Å². The summed E-state index contributed by atoms with van der Waals surface area (Å²) in [7, 11) is 0. The highest BCUT2D eigenvalue weighted by Gasteiger charge is 2.50. The summed E-state index contributed by atoms with van der Waals surface area (Å²) in [6, 6.07) is 0.914. The average Bonchev–Trinajstić information content (AvgIpc) is 2.03. The summed E-state index contributed by atoms with van der Waals surface area (Å²) in [5, 5.41) is 0. The quantitative estimate of drug-likeness (QED) is 0.633. The highest BCUT2D eigenvalue weighted by Crippen LogP contribution is 2.41. The second-order valence-electron chi connectivity index (χ2n) is 5.81. The van der Waals surface area contributed by atoms with Crippen LogP contribution in [-0.4, -0.2) is 37.2 Å². The van der Waals surface area contributed by atoms with Crippen molar-refractivity contribution >= 4 is 0 Å². The average molecular weight is 195 g/mol. The van der Waals surface area contributed by atoms with E-state index in [1.807, 2.05) is 0 Å². The van der Waals surface area contributed by atoms with E-state index < -0.39 is 0 Å². The minimum Gasteiger partial charge on any atom is -0.380 e. The zero-order chi connectivity index (χ0) is 9.60. The first kappa shape index (κ1) is 9.17. The number of ether oxygens (including phenoxy) is 1. The van der Waals surface area contributed by atoms with Crippen LogP contribution < -0.4 is 0 Å². The lowest BCUT2D eigenvalue weighted by molar-refractivity contribution is -0.200. The highest BCUT2D eigenvalue weighted by atomic mass is 16.5. The van der Waals surface area contributed by atoms with Gasteiger partial charge in [-0.3, -0.25) is 4.90 Å². The maximum absolute atomic E-state index is 5.31. The van der Waals surface area contributed by atoms with E-state index >= 15 is 0 Å². The van der Waals surface area contributed by atoms with E-state index in [4.69, 9.17) is 4.74 Å².